The lowest BCUT2D eigenvalue weighted by Gasteiger charge is -2.26. The third-order valence-electron chi connectivity index (χ3n) is 4.40. The predicted molar refractivity (Wildman–Crippen MR) is 68.3 cm³/mol. The minimum absolute atomic E-state index is 0.191. The van der Waals surface area contributed by atoms with E-state index in [9.17, 15) is 5.11 Å². The number of aromatic nitrogens is 3. The molecule has 0 aliphatic carbocycles. The molecule has 18 heavy (non-hydrogen) atoms. The van der Waals surface area contributed by atoms with Gasteiger partial charge >= 0.3 is 0 Å². The average molecular weight is 250 g/mol. The van der Waals surface area contributed by atoms with Crippen LogP contribution in [0.1, 0.15) is 56.2 Å². The maximum absolute atomic E-state index is 9.42. The summed E-state index contributed by atoms with van der Waals surface area (Å²) in [6.07, 6.45) is 4.61. The van der Waals surface area contributed by atoms with Crippen molar-refractivity contribution in [2.45, 2.75) is 51.1 Å². The highest BCUT2D eigenvalue weighted by molar-refractivity contribution is 5.09. The van der Waals surface area contributed by atoms with Crippen molar-refractivity contribution in [1.82, 2.24) is 19.7 Å². The van der Waals surface area contributed by atoms with Crippen LogP contribution in [0.2, 0.25) is 0 Å². The Balaban J connectivity index is 1.92. The SMILES string of the molecule is CCN1CCCC1c1nnc2n1CCCC2CO. The van der Waals surface area contributed by atoms with E-state index in [2.05, 4.69) is 26.6 Å². The normalized spacial score (nSPS) is 28.6. The molecular formula is C13H22N4O. The van der Waals surface area contributed by atoms with Gasteiger partial charge in [0.25, 0.3) is 0 Å². The molecule has 3 rings (SSSR count). The van der Waals surface area contributed by atoms with E-state index in [0.717, 1.165) is 37.6 Å². The highest BCUT2D eigenvalue weighted by atomic mass is 16.3. The van der Waals surface area contributed by atoms with Crippen molar-refractivity contribution < 1.29 is 5.11 Å². The molecular weight excluding hydrogens is 228 g/mol. The van der Waals surface area contributed by atoms with E-state index in [1.54, 1.807) is 0 Å². The summed E-state index contributed by atoms with van der Waals surface area (Å²) in [5.74, 6) is 2.32. The van der Waals surface area contributed by atoms with Crippen molar-refractivity contribution in [2.75, 3.05) is 19.7 Å². The molecule has 0 radical (unpaired) electrons. The first-order valence-corrected chi connectivity index (χ1v) is 7.13. The number of aliphatic hydroxyl groups excluding tert-OH is 1. The molecule has 0 aromatic carbocycles. The first-order valence-electron chi connectivity index (χ1n) is 7.13. The highest BCUT2D eigenvalue weighted by Crippen LogP contribution is 2.34. The largest absolute Gasteiger partial charge is 0.396 e. The van der Waals surface area contributed by atoms with Crippen LogP contribution in [-0.2, 0) is 6.54 Å². The minimum Gasteiger partial charge on any atom is -0.396 e. The zero-order valence-corrected chi connectivity index (χ0v) is 11.0. The van der Waals surface area contributed by atoms with Crippen molar-refractivity contribution in [3.05, 3.63) is 11.6 Å². The smallest absolute Gasteiger partial charge is 0.150 e. The number of hydrogen-bond donors (Lipinski definition) is 1. The number of aliphatic hydroxyl groups is 1. The number of hydrogen-bond acceptors (Lipinski definition) is 4. The molecule has 0 saturated carbocycles. The Morgan fingerprint density at radius 3 is 2.72 bits per heavy atom. The van der Waals surface area contributed by atoms with Crippen molar-refractivity contribution >= 4 is 0 Å². The minimum atomic E-state index is 0.191. The molecule has 100 valence electrons. The van der Waals surface area contributed by atoms with E-state index in [1.807, 2.05) is 0 Å². The van der Waals surface area contributed by atoms with Crippen LogP contribution in [0.3, 0.4) is 0 Å². The average Bonchev–Trinajstić information content (AvgIpc) is 3.03. The molecule has 1 saturated heterocycles. The molecule has 2 unspecified atom stereocenters. The maximum atomic E-state index is 9.42. The van der Waals surface area contributed by atoms with Gasteiger partial charge in [0.1, 0.15) is 11.6 Å². The fourth-order valence-corrected chi connectivity index (χ4v) is 3.40. The summed E-state index contributed by atoms with van der Waals surface area (Å²) >= 11 is 0. The van der Waals surface area contributed by atoms with E-state index in [1.165, 1.54) is 19.4 Å². The third-order valence-corrected chi connectivity index (χ3v) is 4.40. The summed E-state index contributed by atoms with van der Waals surface area (Å²) in [6.45, 7) is 5.67. The molecule has 5 heteroatoms. The molecule has 5 nitrogen and oxygen atoms in total. The van der Waals surface area contributed by atoms with Gasteiger partial charge in [-0.15, -0.1) is 10.2 Å². The quantitative estimate of drug-likeness (QED) is 0.878. The van der Waals surface area contributed by atoms with Crippen LogP contribution in [0.15, 0.2) is 0 Å². The summed E-state index contributed by atoms with van der Waals surface area (Å²) < 4.78 is 2.27. The van der Waals surface area contributed by atoms with Gasteiger partial charge in [-0.2, -0.15) is 0 Å². The number of fused-ring (bicyclic) bond motifs is 1. The molecule has 1 aromatic rings. The van der Waals surface area contributed by atoms with Crippen LogP contribution in [-0.4, -0.2) is 44.5 Å². The Hall–Kier alpha value is -0.940. The molecule has 0 amide bonds. The first kappa shape index (κ1) is 12.1. The van der Waals surface area contributed by atoms with Gasteiger partial charge in [0.05, 0.1) is 12.6 Å². The van der Waals surface area contributed by atoms with E-state index >= 15 is 0 Å². The van der Waals surface area contributed by atoms with Gasteiger partial charge in [-0.25, -0.2) is 0 Å². The van der Waals surface area contributed by atoms with Crippen LogP contribution in [0, 0.1) is 0 Å². The molecule has 3 heterocycles. The Kier molecular flexibility index (Phi) is 3.35. The van der Waals surface area contributed by atoms with Gasteiger partial charge < -0.3 is 9.67 Å². The molecule has 1 aromatic heterocycles. The van der Waals surface area contributed by atoms with Crippen LogP contribution in [0.5, 0.6) is 0 Å². The molecule has 2 aliphatic heterocycles. The Morgan fingerprint density at radius 1 is 1.17 bits per heavy atom. The van der Waals surface area contributed by atoms with Crippen molar-refractivity contribution in [1.29, 1.82) is 0 Å². The Labute approximate surface area is 108 Å². The van der Waals surface area contributed by atoms with Gasteiger partial charge in [-0.1, -0.05) is 6.92 Å². The zero-order valence-electron chi connectivity index (χ0n) is 11.0. The highest BCUT2D eigenvalue weighted by Gasteiger charge is 2.32. The van der Waals surface area contributed by atoms with Crippen molar-refractivity contribution in [3.63, 3.8) is 0 Å². The fourth-order valence-electron chi connectivity index (χ4n) is 3.40. The molecule has 1 N–H and O–H groups in total. The van der Waals surface area contributed by atoms with Gasteiger partial charge in [0.15, 0.2) is 0 Å². The molecule has 0 spiro atoms. The van der Waals surface area contributed by atoms with E-state index in [4.69, 9.17) is 0 Å². The summed E-state index contributed by atoms with van der Waals surface area (Å²) in [7, 11) is 0. The first-order chi connectivity index (χ1) is 8.85. The lowest BCUT2D eigenvalue weighted by atomic mass is 9.99. The number of likely N-dealkylation sites (tertiary alicyclic amines) is 1. The maximum Gasteiger partial charge on any atom is 0.150 e. The van der Waals surface area contributed by atoms with Gasteiger partial charge in [0.2, 0.25) is 0 Å². The lowest BCUT2D eigenvalue weighted by molar-refractivity contribution is 0.229. The van der Waals surface area contributed by atoms with E-state index in [-0.39, 0.29) is 12.5 Å². The van der Waals surface area contributed by atoms with E-state index in [0.29, 0.717) is 6.04 Å². The summed E-state index contributed by atoms with van der Waals surface area (Å²) in [5, 5.41) is 18.2. The second-order valence-electron chi connectivity index (χ2n) is 5.38. The predicted octanol–water partition coefficient (Wildman–Crippen LogP) is 1.30. The summed E-state index contributed by atoms with van der Waals surface area (Å²) in [5.41, 5.74) is 0. The Bertz CT molecular complexity index is 417. The molecule has 0 bridgehead atoms. The second kappa shape index (κ2) is 4.97. The second-order valence-corrected chi connectivity index (χ2v) is 5.38. The van der Waals surface area contributed by atoms with Crippen molar-refractivity contribution in [2.24, 2.45) is 0 Å². The van der Waals surface area contributed by atoms with Crippen LogP contribution < -0.4 is 0 Å². The number of nitrogens with zero attached hydrogens (tertiary/aromatic N) is 4. The Morgan fingerprint density at radius 2 is 1.94 bits per heavy atom. The summed E-state index contributed by atoms with van der Waals surface area (Å²) in [6, 6.07) is 0.439. The number of rotatable bonds is 3. The van der Waals surface area contributed by atoms with Gasteiger partial charge in [0, 0.05) is 12.5 Å². The monoisotopic (exact) mass is 250 g/mol. The van der Waals surface area contributed by atoms with Crippen LogP contribution >= 0.6 is 0 Å². The lowest BCUT2D eigenvalue weighted by Crippen LogP contribution is -2.27. The zero-order chi connectivity index (χ0) is 12.5. The standard InChI is InChI=1S/C13H22N4O/c1-2-16-7-4-6-11(16)13-15-14-12-10(9-18)5-3-8-17(12)13/h10-11,18H,2-9H2,1H3. The van der Waals surface area contributed by atoms with Gasteiger partial charge in [-0.05, 0) is 38.8 Å². The topological polar surface area (TPSA) is 54.2 Å². The third kappa shape index (κ3) is 1.86. The van der Waals surface area contributed by atoms with Crippen LogP contribution in [0.25, 0.3) is 0 Å². The van der Waals surface area contributed by atoms with E-state index < -0.39 is 0 Å². The van der Waals surface area contributed by atoms with Crippen molar-refractivity contribution in [3.8, 4) is 0 Å². The van der Waals surface area contributed by atoms with Gasteiger partial charge in [-0.3, -0.25) is 4.90 Å². The molecule has 2 aliphatic rings. The summed E-state index contributed by atoms with van der Waals surface area (Å²) in [4.78, 5) is 2.49. The molecule has 1 fully saturated rings. The van der Waals surface area contributed by atoms with Crippen LogP contribution in [0.4, 0.5) is 0 Å². The fraction of sp³-hybridized carbons (Fsp3) is 0.846. The molecule has 2 atom stereocenters.